The van der Waals surface area contributed by atoms with E-state index in [1.807, 2.05) is 0 Å². The van der Waals surface area contributed by atoms with Crippen molar-refractivity contribution in [2.45, 2.75) is 6.43 Å². The molecule has 0 aliphatic rings. The number of halogens is 2. The molecule has 0 atom stereocenters. The summed E-state index contributed by atoms with van der Waals surface area (Å²) in [6.07, 6.45) is -0.848. The van der Waals surface area contributed by atoms with E-state index in [9.17, 15) is 8.78 Å². The molecule has 84 valence electrons. The van der Waals surface area contributed by atoms with Crippen molar-refractivity contribution in [3.8, 4) is 0 Å². The maximum Gasteiger partial charge on any atom is 0.261 e. The first-order chi connectivity index (χ1) is 7.18. The first-order valence-electron chi connectivity index (χ1n) is 4.50. The fraction of sp³-hybridized carbons (Fsp3) is 0.444. The fourth-order valence-corrected chi connectivity index (χ4v) is 0.998. The van der Waals surface area contributed by atoms with E-state index in [2.05, 4.69) is 15.0 Å². The van der Waals surface area contributed by atoms with Gasteiger partial charge in [-0.1, -0.05) is 0 Å². The van der Waals surface area contributed by atoms with Gasteiger partial charge in [0.15, 0.2) is 0 Å². The number of nitrogen functional groups attached to an aromatic ring is 1. The Morgan fingerprint density at radius 1 is 1.53 bits per heavy atom. The van der Waals surface area contributed by atoms with Crippen LogP contribution in [0.4, 0.5) is 20.3 Å². The lowest BCUT2D eigenvalue weighted by atomic mass is 10.4. The highest BCUT2D eigenvalue weighted by atomic mass is 19.3. The summed E-state index contributed by atoms with van der Waals surface area (Å²) < 4.78 is 28.0. The Morgan fingerprint density at radius 2 is 2.33 bits per heavy atom. The van der Waals surface area contributed by atoms with Crippen LogP contribution in [0.15, 0.2) is 18.3 Å². The third-order valence-electron chi connectivity index (χ3n) is 1.60. The van der Waals surface area contributed by atoms with Crippen LogP contribution in [0.1, 0.15) is 0 Å². The summed E-state index contributed by atoms with van der Waals surface area (Å²) >= 11 is 0. The zero-order chi connectivity index (χ0) is 11.1. The minimum atomic E-state index is -2.42. The SMILES string of the molecule is Nc1cc(NCCOCC(F)F)ccn1. The lowest BCUT2D eigenvalue weighted by molar-refractivity contribution is 0.0215. The number of rotatable bonds is 6. The van der Waals surface area contributed by atoms with Gasteiger partial charge < -0.3 is 15.8 Å². The molecular formula is C9H13F2N3O. The topological polar surface area (TPSA) is 60.2 Å². The summed E-state index contributed by atoms with van der Waals surface area (Å²) in [6, 6.07) is 3.40. The average Bonchev–Trinajstić information content (AvgIpc) is 2.17. The molecule has 1 rings (SSSR count). The number of nitrogens with zero attached hydrogens (tertiary/aromatic N) is 1. The van der Waals surface area contributed by atoms with Crippen molar-refractivity contribution >= 4 is 11.5 Å². The highest BCUT2D eigenvalue weighted by Crippen LogP contribution is 2.07. The van der Waals surface area contributed by atoms with Gasteiger partial charge in [0.1, 0.15) is 12.4 Å². The maximum absolute atomic E-state index is 11.7. The van der Waals surface area contributed by atoms with Gasteiger partial charge >= 0.3 is 0 Å². The average molecular weight is 217 g/mol. The van der Waals surface area contributed by atoms with Gasteiger partial charge in [-0.25, -0.2) is 13.8 Å². The number of hydrogen-bond donors (Lipinski definition) is 2. The van der Waals surface area contributed by atoms with Crippen molar-refractivity contribution in [1.29, 1.82) is 0 Å². The molecule has 0 aromatic carbocycles. The maximum atomic E-state index is 11.7. The quantitative estimate of drug-likeness (QED) is 0.706. The fourth-order valence-electron chi connectivity index (χ4n) is 0.998. The van der Waals surface area contributed by atoms with Crippen LogP contribution in [0.25, 0.3) is 0 Å². The van der Waals surface area contributed by atoms with E-state index < -0.39 is 13.0 Å². The highest BCUT2D eigenvalue weighted by Gasteiger charge is 2.00. The first-order valence-corrected chi connectivity index (χ1v) is 4.50. The van der Waals surface area contributed by atoms with Crippen LogP contribution in [-0.2, 0) is 4.74 Å². The van der Waals surface area contributed by atoms with E-state index in [-0.39, 0.29) is 6.61 Å². The summed E-state index contributed by atoms with van der Waals surface area (Å²) in [5.41, 5.74) is 6.24. The van der Waals surface area contributed by atoms with Crippen LogP contribution >= 0.6 is 0 Å². The number of nitrogens with two attached hydrogens (primary N) is 1. The molecular weight excluding hydrogens is 204 g/mol. The van der Waals surface area contributed by atoms with E-state index in [0.29, 0.717) is 12.4 Å². The molecule has 0 saturated carbocycles. The molecule has 6 heteroatoms. The zero-order valence-corrected chi connectivity index (χ0v) is 8.12. The molecule has 15 heavy (non-hydrogen) atoms. The molecule has 1 heterocycles. The summed E-state index contributed by atoms with van der Waals surface area (Å²) in [7, 11) is 0. The van der Waals surface area contributed by atoms with Gasteiger partial charge in [0.05, 0.1) is 6.61 Å². The Bertz CT molecular complexity index is 296. The standard InChI is InChI=1S/C9H13F2N3O/c10-8(11)6-15-4-3-13-7-1-2-14-9(12)5-7/h1-2,5,8H,3-4,6H2,(H3,12,13,14). The van der Waals surface area contributed by atoms with Crippen molar-refractivity contribution in [3.05, 3.63) is 18.3 Å². The van der Waals surface area contributed by atoms with Crippen LogP contribution in [0.5, 0.6) is 0 Å². The Hall–Kier alpha value is -1.43. The largest absolute Gasteiger partial charge is 0.384 e. The molecule has 0 aliphatic carbocycles. The Kier molecular flexibility index (Phi) is 4.76. The van der Waals surface area contributed by atoms with Gasteiger partial charge in [-0.15, -0.1) is 0 Å². The molecule has 1 aromatic heterocycles. The summed E-state index contributed by atoms with van der Waals surface area (Å²) in [6.45, 7) is 0.156. The number of ether oxygens (including phenoxy) is 1. The predicted molar refractivity (Wildman–Crippen MR) is 54.0 cm³/mol. The monoisotopic (exact) mass is 217 g/mol. The molecule has 0 radical (unpaired) electrons. The van der Waals surface area contributed by atoms with Crippen LogP contribution in [0, 0.1) is 0 Å². The number of pyridine rings is 1. The van der Waals surface area contributed by atoms with Gasteiger partial charge in [-0.2, -0.15) is 0 Å². The van der Waals surface area contributed by atoms with Crippen molar-refractivity contribution in [2.24, 2.45) is 0 Å². The molecule has 0 bridgehead atoms. The predicted octanol–water partition coefficient (Wildman–Crippen LogP) is 1.36. The molecule has 0 amide bonds. The van der Waals surface area contributed by atoms with Gasteiger partial charge in [0.25, 0.3) is 6.43 Å². The Balaban J connectivity index is 2.15. The first kappa shape index (κ1) is 11.6. The van der Waals surface area contributed by atoms with Crippen molar-refractivity contribution in [3.63, 3.8) is 0 Å². The molecule has 0 spiro atoms. The zero-order valence-electron chi connectivity index (χ0n) is 8.12. The molecule has 0 aliphatic heterocycles. The normalized spacial score (nSPS) is 10.6. The lowest BCUT2D eigenvalue weighted by Crippen LogP contribution is -2.13. The third-order valence-corrected chi connectivity index (χ3v) is 1.60. The Morgan fingerprint density at radius 3 is 3.00 bits per heavy atom. The second-order valence-corrected chi connectivity index (χ2v) is 2.86. The van der Waals surface area contributed by atoms with E-state index in [4.69, 9.17) is 5.73 Å². The summed E-state index contributed by atoms with van der Waals surface area (Å²) in [5, 5.41) is 2.97. The second-order valence-electron chi connectivity index (χ2n) is 2.86. The third kappa shape index (κ3) is 5.11. The van der Waals surface area contributed by atoms with E-state index in [0.717, 1.165) is 5.69 Å². The second kappa shape index (κ2) is 6.13. The minimum Gasteiger partial charge on any atom is -0.384 e. The van der Waals surface area contributed by atoms with Gasteiger partial charge in [0.2, 0.25) is 0 Å². The van der Waals surface area contributed by atoms with Crippen LogP contribution in [-0.4, -0.2) is 31.2 Å². The molecule has 0 fully saturated rings. The van der Waals surface area contributed by atoms with Crippen molar-refractivity contribution in [1.82, 2.24) is 4.98 Å². The molecule has 0 saturated heterocycles. The van der Waals surface area contributed by atoms with Crippen LogP contribution < -0.4 is 11.1 Å². The molecule has 3 N–H and O–H groups in total. The smallest absolute Gasteiger partial charge is 0.261 e. The number of hydrogen-bond acceptors (Lipinski definition) is 4. The van der Waals surface area contributed by atoms with Crippen LogP contribution in [0.3, 0.4) is 0 Å². The minimum absolute atomic E-state index is 0.229. The van der Waals surface area contributed by atoms with E-state index >= 15 is 0 Å². The summed E-state index contributed by atoms with van der Waals surface area (Å²) in [5.74, 6) is 0.411. The summed E-state index contributed by atoms with van der Waals surface area (Å²) in [4.78, 5) is 3.81. The van der Waals surface area contributed by atoms with Crippen LogP contribution in [0.2, 0.25) is 0 Å². The van der Waals surface area contributed by atoms with Crippen molar-refractivity contribution < 1.29 is 13.5 Å². The van der Waals surface area contributed by atoms with Crippen molar-refractivity contribution in [2.75, 3.05) is 30.8 Å². The molecule has 1 aromatic rings. The Labute approximate surface area is 86.4 Å². The number of nitrogens with one attached hydrogen (secondary N) is 1. The van der Waals surface area contributed by atoms with Gasteiger partial charge in [-0.3, -0.25) is 0 Å². The molecule has 0 unspecified atom stereocenters. The number of alkyl halides is 2. The number of aromatic nitrogens is 1. The highest BCUT2D eigenvalue weighted by molar-refractivity contribution is 5.49. The van der Waals surface area contributed by atoms with E-state index in [1.165, 1.54) is 0 Å². The number of anilines is 2. The molecule has 4 nitrogen and oxygen atoms in total. The van der Waals surface area contributed by atoms with Gasteiger partial charge in [0, 0.05) is 24.5 Å². The van der Waals surface area contributed by atoms with Gasteiger partial charge in [-0.05, 0) is 6.07 Å². The lowest BCUT2D eigenvalue weighted by Gasteiger charge is -2.07. The van der Waals surface area contributed by atoms with E-state index in [1.54, 1.807) is 18.3 Å².